The summed E-state index contributed by atoms with van der Waals surface area (Å²) in [6.07, 6.45) is 0.355. The highest BCUT2D eigenvalue weighted by atomic mass is 35.5. The van der Waals surface area contributed by atoms with Gasteiger partial charge in [0.2, 0.25) is 17.6 Å². The lowest BCUT2D eigenvalue weighted by atomic mass is 10.1. The van der Waals surface area contributed by atoms with Crippen molar-refractivity contribution < 1.29 is 17.7 Å². The van der Waals surface area contributed by atoms with Crippen LogP contribution in [0.5, 0.6) is 0 Å². The molecule has 0 unspecified atom stereocenters. The van der Waals surface area contributed by atoms with E-state index in [1.807, 2.05) is 32.0 Å². The van der Waals surface area contributed by atoms with E-state index in [1.165, 1.54) is 24.3 Å². The third kappa shape index (κ3) is 6.06. The number of benzene rings is 3. The number of nitrogens with one attached hydrogen (secondary N) is 2. The number of amides is 1. The second-order valence-electron chi connectivity index (χ2n) is 7.99. The SMILES string of the molecule is Cc1ccc(C)c(NS(=O)(=O)c2ccc(NC(=O)CCc3nc(-c4ccccc4Cl)no3)cc2)c1. The number of hydrogen-bond donors (Lipinski definition) is 2. The van der Waals surface area contributed by atoms with Crippen molar-refractivity contribution in [2.24, 2.45) is 0 Å². The van der Waals surface area contributed by atoms with Crippen molar-refractivity contribution in [3.8, 4) is 11.4 Å². The van der Waals surface area contributed by atoms with Crippen LogP contribution in [-0.2, 0) is 21.2 Å². The molecule has 4 rings (SSSR count). The highest BCUT2D eigenvalue weighted by molar-refractivity contribution is 7.92. The van der Waals surface area contributed by atoms with E-state index in [0.29, 0.717) is 33.7 Å². The summed E-state index contributed by atoms with van der Waals surface area (Å²) in [5, 5.41) is 7.16. The van der Waals surface area contributed by atoms with E-state index in [4.69, 9.17) is 16.1 Å². The van der Waals surface area contributed by atoms with E-state index >= 15 is 0 Å². The number of carbonyl (C=O) groups excluding carboxylic acids is 1. The van der Waals surface area contributed by atoms with Crippen LogP contribution in [0.3, 0.4) is 0 Å². The maximum atomic E-state index is 12.8. The highest BCUT2D eigenvalue weighted by Gasteiger charge is 2.16. The Balaban J connectivity index is 1.34. The molecule has 0 aliphatic heterocycles. The first-order valence-corrected chi connectivity index (χ1v) is 12.6. The summed E-state index contributed by atoms with van der Waals surface area (Å²) in [5.41, 5.74) is 3.43. The van der Waals surface area contributed by atoms with Crippen LogP contribution < -0.4 is 10.0 Å². The van der Waals surface area contributed by atoms with Crippen LogP contribution in [0.25, 0.3) is 11.4 Å². The molecule has 0 saturated carbocycles. The van der Waals surface area contributed by atoms with Gasteiger partial charge in [-0.15, -0.1) is 0 Å². The molecular weight excluding hydrogens is 488 g/mol. The minimum Gasteiger partial charge on any atom is -0.339 e. The van der Waals surface area contributed by atoms with Crippen molar-refractivity contribution in [2.75, 3.05) is 10.0 Å². The highest BCUT2D eigenvalue weighted by Crippen LogP contribution is 2.25. The molecule has 8 nitrogen and oxygen atoms in total. The van der Waals surface area contributed by atoms with Crippen molar-refractivity contribution in [1.82, 2.24) is 10.1 Å². The molecule has 1 heterocycles. The predicted molar refractivity (Wildman–Crippen MR) is 135 cm³/mol. The summed E-state index contributed by atoms with van der Waals surface area (Å²) in [4.78, 5) is 16.7. The Labute approximate surface area is 208 Å². The molecule has 4 aromatic rings. The second-order valence-corrected chi connectivity index (χ2v) is 10.1. The summed E-state index contributed by atoms with van der Waals surface area (Å²) in [5.74, 6) is 0.401. The number of sulfonamides is 1. The van der Waals surface area contributed by atoms with Gasteiger partial charge in [-0.25, -0.2) is 8.42 Å². The van der Waals surface area contributed by atoms with E-state index in [1.54, 1.807) is 24.3 Å². The Morgan fingerprint density at radius 1 is 1.03 bits per heavy atom. The van der Waals surface area contributed by atoms with Crippen LogP contribution in [0.2, 0.25) is 5.02 Å². The van der Waals surface area contributed by atoms with Crippen LogP contribution in [0.15, 0.2) is 76.1 Å². The molecule has 10 heteroatoms. The van der Waals surface area contributed by atoms with Crippen molar-refractivity contribution in [3.05, 3.63) is 88.8 Å². The topological polar surface area (TPSA) is 114 Å². The van der Waals surface area contributed by atoms with Crippen LogP contribution in [-0.4, -0.2) is 24.5 Å². The Bertz CT molecular complexity index is 1470. The van der Waals surface area contributed by atoms with E-state index in [-0.39, 0.29) is 23.6 Å². The zero-order valence-corrected chi connectivity index (χ0v) is 20.7. The average Bonchev–Trinajstić information content (AvgIpc) is 3.29. The summed E-state index contributed by atoms with van der Waals surface area (Å²) in [6, 6.07) is 18.7. The largest absolute Gasteiger partial charge is 0.339 e. The lowest BCUT2D eigenvalue weighted by Gasteiger charge is -2.12. The molecule has 1 aromatic heterocycles. The van der Waals surface area contributed by atoms with E-state index in [2.05, 4.69) is 20.2 Å². The quantitative estimate of drug-likeness (QED) is 0.329. The van der Waals surface area contributed by atoms with Crippen LogP contribution in [0.1, 0.15) is 23.4 Å². The van der Waals surface area contributed by atoms with E-state index in [0.717, 1.165) is 11.1 Å². The predicted octanol–water partition coefficient (Wildman–Crippen LogP) is 5.38. The van der Waals surface area contributed by atoms with E-state index < -0.39 is 10.0 Å². The lowest BCUT2D eigenvalue weighted by molar-refractivity contribution is -0.116. The molecule has 35 heavy (non-hydrogen) atoms. The van der Waals surface area contributed by atoms with E-state index in [9.17, 15) is 13.2 Å². The fourth-order valence-corrected chi connectivity index (χ4v) is 4.66. The Morgan fingerprint density at radius 3 is 2.51 bits per heavy atom. The number of carbonyl (C=O) groups is 1. The number of hydrogen-bond acceptors (Lipinski definition) is 6. The molecule has 0 saturated heterocycles. The molecule has 0 aliphatic carbocycles. The number of anilines is 2. The van der Waals surface area contributed by atoms with Crippen LogP contribution >= 0.6 is 11.6 Å². The first kappa shape index (κ1) is 24.4. The Hall–Kier alpha value is -3.69. The average molecular weight is 511 g/mol. The van der Waals surface area contributed by atoms with Gasteiger partial charge in [0.25, 0.3) is 10.0 Å². The first-order valence-electron chi connectivity index (χ1n) is 10.8. The summed E-state index contributed by atoms with van der Waals surface area (Å²) in [7, 11) is -3.77. The molecule has 0 radical (unpaired) electrons. The molecule has 2 N–H and O–H groups in total. The third-order valence-electron chi connectivity index (χ3n) is 5.23. The van der Waals surface area contributed by atoms with Gasteiger partial charge in [0, 0.05) is 24.1 Å². The van der Waals surface area contributed by atoms with Gasteiger partial charge in [0.1, 0.15) is 0 Å². The molecule has 0 spiro atoms. The number of aromatic nitrogens is 2. The summed E-state index contributed by atoms with van der Waals surface area (Å²) >= 11 is 6.15. The molecule has 0 aliphatic rings. The smallest absolute Gasteiger partial charge is 0.261 e. The van der Waals surface area contributed by atoms with Gasteiger partial charge in [-0.05, 0) is 67.4 Å². The van der Waals surface area contributed by atoms with Gasteiger partial charge in [-0.2, -0.15) is 4.98 Å². The van der Waals surface area contributed by atoms with Crippen LogP contribution in [0, 0.1) is 13.8 Å². The molecule has 3 aromatic carbocycles. The minimum absolute atomic E-state index is 0.0920. The lowest BCUT2D eigenvalue weighted by Crippen LogP contribution is -2.15. The third-order valence-corrected chi connectivity index (χ3v) is 6.95. The normalized spacial score (nSPS) is 11.3. The number of nitrogens with zero attached hydrogens (tertiary/aromatic N) is 2. The molecule has 0 atom stereocenters. The maximum Gasteiger partial charge on any atom is 0.261 e. The number of aryl methyl sites for hydroxylation is 3. The fraction of sp³-hybridized carbons (Fsp3) is 0.160. The molecular formula is C25H23ClN4O4S. The molecule has 0 fully saturated rings. The molecule has 180 valence electrons. The van der Waals surface area contributed by atoms with Crippen molar-refractivity contribution in [3.63, 3.8) is 0 Å². The maximum absolute atomic E-state index is 12.8. The Kier molecular flexibility index (Phi) is 7.18. The Morgan fingerprint density at radius 2 is 1.77 bits per heavy atom. The monoisotopic (exact) mass is 510 g/mol. The molecule has 1 amide bonds. The summed E-state index contributed by atoms with van der Waals surface area (Å²) in [6.45, 7) is 3.73. The zero-order chi connectivity index (χ0) is 25.0. The van der Waals surface area contributed by atoms with Gasteiger partial charge < -0.3 is 9.84 Å². The van der Waals surface area contributed by atoms with Gasteiger partial charge in [-0.1, -0.05) is 41.0 Å². The standard InChI is InChI=1S/C25H23ClN4O4S/c1-16-7-8-17(2)22(15-16)30-35(32,33)19-11-9-18(10-12-19)27-23(31)13-14-24-28-25(29-34-24)20-5-3-4-6-21(20)26/h3-12,15,30H,13-14H2,1-2H3,(H,27,31). The summed E-state index contributed by atoms with van der Waals surface area (Å²) < 4.78 is 33.3. The van der Waals surface area contributed by atoms with Gasteiger partial charge in [-0.3, -0.25) is 9.52 Å². The minimum atomic E-state index is -3.77. The molecule has 0 bridgehead atoms. The van der Waals surface area contributed by atoms with Crippen LogP contribution in [0.4, 0.5) is 11.4 Å². The van der Waals surface area contributed by atoms with Crippen molar-refractivity contribution in [2.45, 2.75) is 31.6 Å². The van der Waals surface area contributed by atoms with Gasteiger partial charge in [0.05, 0.1) is 15.6 Å². The fourth-order valence-electron chi connectivity index (χ4n) is 3.32. The van der Waals surface area contributed by atoms with Crippen molar-refractivity contribution >= 4 is 38.9 Å². The van der Waals surface area contributed by atoms with Gasteiger partial charge >= 0.3 is 0 Å². The van der Waals surface area contributed by atoms with Gasteiger partial charge in [0.15, 0.2) is 0 Å². The van der Waals surface area contributed by atoms with Crippen molar-refractivity contribution in [1.29, 1.82) is 0 Å². The first-order chi connectivity index (χ1) is 16.7. The zero-order valence-electron chi connectivity index (χ0n) is 19.1. The number of halogens is 1. The second kappa shape index (κ2) is 10.3. The number of rotatable bonds is 8.